The zero-order chi connectivity index (χ0) is 10.4. The van der Waals surface area contributed by atoms with Gasteiger partial charge in [0, 0.05) is 11.3 Å². The van der Waals surface area contributed by atoms with E-state index in [1.807, 2.05) is 12.3 Å². The number of rotatable bonds is 2. The first-order valence-electron chi connectivity index (χ1n) is 4.93. The summed E-state index contributed by atoms with van der Waals surface area (Å²) in [6.45, 7) is 2.05. The number of aryl methyl sites for hydroxylation is 1. The van der Waals surface area contributed by atoms with Gasteiger partial charge in [0.25, 0.3) is 0 Å². The maximum atomic E-state index is 5.64. The standard InChI is InChI=1S/C10H11N3S2/c1-5-8(7-4-14-10(11)13-7)15-9(12-5)6-2-3-6/h4,6H,2-3H2,1H3,(H2,11,13). The summed E-state index contributed by atoms with van der Waals surface area (Å²) in [6.07, 6.45) is 2.59. The Hall–Kier alpha value is -0.940. The van der Waals surface area contributed by atoms with Crippen molar-refractivity contribution in [2.24, 2.45) is 0 Å². The quantitative estimate of drug-likeness (QED) is 0.873. The summed E-state index contributed by atoms with van der Waals surface area (Å²) in [5.74, 6) is 0.721. The van der Waals surface area contributed by atoms with Crippen molar-refractivity contribution in [3.8, 4) is 10.6 Å². The molecule has 2 aromatic heterocycles. The Morgan fingerprint density at radius 1 is 1.40 bits per heavy atom. The van der Waals surface area contributed by atoms with Crippen LogP contribution in [-0.2, 0) is 0 Å². The number of nitrogens with zero attached hydrogens (tertiary/aromatic N) is 2. The van der Waals surface area contributed by atoms with E-state index >= 15 is 0 Å². The largest absolute Gasteiger partial charge is 0.375 e. The van der Waals surface area contributed by atoms with Gasteiger partial charge in [-0.05, 0) is 19.8 Å². The minimum atomic E-state index is 0.630. The first-order chi connectivity index (χ1) is 7.24. The van der Waals surface area contributed by atoms with Crippen molar-refractivity contribution < 1.29 is 0 Å². The van der Waals surface area contributed by atoms with Gasteiger partial charge < -0.3 is 5.73 Å². The molecule has 2 aromatic rings. The number of thiazole rings is 2. The average molecular weight is 237 g/mol. The van der Waals surface area contributed by atoms with Gasteiger partial charge in [-0.2, -0.15) is 0 Å². The first-order valence-corrected chi connectivity index (χ1v) is 6.62. The number of hydrogen-bond donors (Lipinski definition) is 1. The molecule has 15 heavy (non-hydrogen) atoms. The van der Waals surface area contributed by atoms with Gasteiger partial charge in [0.15, 0.2) is 5.13 Å². The Balaban J connectivity index is 2.03. The third-order valence-corrected chi connectivity index (χ3v) is 4.51. The number of hydrogen-bond acceptors (Lipinski definition) is 5. The van der Waals surface area contributed by atoms with E-state index in [9.17, 15) is 0 Å². The summed E-state index contributed by atoms with van der Waals surface area (Å²) in [7, 11) is 0. The molecule has 3 nitrogen and oxygen atoms in total. The highest BCUT2D eigenvalue weighted by Gasteiger charge is 2.28. The van der Waals surface area contributed by atoms with Crippen LogP contribution in [0, 0.1) is 6.92 Å². The summed E-state index contributed by atoms with van der Waals surface area (Å²) < 4.78 is 0. The van der Waals surface area contributed by atoms with Crippen molar-refractivity contribution >= 4 is 27.8 Å². The van der Waals surface area contributed by atoms with Gasteiger partial charge >= 0.3 is 0 Å². The van der Waals surface area contributed by atoms with Crippen LogP contribution in [0.25, 0.3) is 10.6 Å². The van der Waals surface area contributed by atoms with E-state index in [2.05, 4.69) is 9.97 Å². The van der Waals surface area contributed by atoms with E-state index < -0.39 is 0 Å². The Bertz CT molecular complexity index is 496. The Morgan fingerprint density at radius 3 is 2.80 bits per heavy atom. The van der Waals surface area contributed by atoms with E-state index in [1.165, 1.54) is 34.1 Å². The van der Waals surface area contributed by atoms with E-state index in [0.717, 1.165) is 17.3 Å². The van der Waals surface area contributed by atoms with Crippen LogP contribution in [0.3, 0.4) is 0 Å². The molecule has 5 heteroatoms. The van der Waals surface area contributed by atoms with Gasteiger partial charge in [-0.15, -0.1) is 22.7 Å². The van der Waals surface area contributed by atoms with E-state index in [-0.39, 0.29) is 0 Å². The molecule has 0 aromatic carbocycles. The van der Waals surface area contributed by atoms with E-state index in [1.54, 1.807) is 11.3 Å². The number of aromatic nitrogens is 2. The Kier molecular flexibility index (Phi) is 2.03. The molecule has 1 saturated carbocycles. The predicted octanol–water partition coefficient (Wildman–Crippen LogP) is 3.03. The summed E-state index contributed by atoms with van der Waals surface area (Å²) in [4.78, 5) is 10.1. The molecule has 0 bridgehead atoms. The monoisotopic (exact) mass is 237 g/mol. The van der Waals surface area contributed by atoms with Crippen molar-refractivity contribution in [3.63, 3.8) is 0 Å². The van der Waals surface area contributed by atoms with Gasteiger partial charge in [0.1, 0.15) is 0 Å². The van der Waals surface area contributed by atoms with Crippen LogP contribution in [0.1, 0.15) is 29.5 Å². The lowest BCUT2D eigenvalue weighted by Crippen LogP contribution is -1.82. The normalized spacial score (nSPS) is 15.8. The topological polar surface area (TPSA) is 51.8 Å². The molecular weight excluding hydrogens is 226 g/mol. The fourth-order valence-corrected chi connectivity index (χ4v) is 3.38. The SMILES string of the molecule is Cc1nc(C2CC2)sc1-c1csc(N)n1. The summed E-state index contributed by atoms with van der Waals surface area (Å²) >= 11 is 3.26. The second-order valence-corrected chi connectivity index (χ2v) is 5.73. The van der Waals surface area contributed by atoms with Crippen molar-refractivity contribution in [2.75, 3.05) is 5.73 Å². The van der Waals surface area contributed by atoms with Crippen LogP contribution >= 0.6 is 22.7 Å². The van der Waals surface area contributed by atoms with E-state index in [4.69, 9.17) is 5.73 Å². The third-order valence-electron chi connectivity index (χ3n) is 2.49. The highest BCUT2D eigenvalue weighted by molar-refractivity contribution is 7.16. The van der Waals surface area contributed by atoms with Gasteiger partial charge in [0.05, 0.1) is 21.3 Å². The highest BCUT2D eigenvalue weighted by Crippen LogP contribution is 2.44. The second-order valence-electron chi connectivity index (χ2n) is 3.81. The highest BCUT2D eigenvalue weighted by atomic mass is 32.1. The lowest BCUT2D eigenvalue weighted by atomic mass is 10.3. The zero-order valence-corrected chi connectivity index (χ0v) is 9.99. The Labute approximate surface area is 96.0 Å². The maximum absolute atomic E-state index is 5.64. The lowest BCUT2D eigenvalue weighted by molar-refractivity contribution is 1.06. The fourth-order valence-electron chi connectivity index (χ4n) is 1.55. The zero-order valence-electron chi connectivity index (χ0n) is 8.36. The van der Waals surface area contributed by atoms with Crippen LogP contribution in [-0.4, -0.2) is 9.97 Å². The summed E-state index contributed by atoms with van der Waals surface area (Å²) in [6, 6.07) is 0. The third kappa shape index (κ3) is 1.66. The van der Waals surface area contributed by atoms with Crippen molar-refractivity contribution in [2.45, 2.75) is 25.7 Å². The summed E-state index contributed by atoms with van der Waals surface area (Å²) in [5.41, 5.74) is 7.71. The number of anilines is 1. The fraction of sp³-hybridized carbons (Fsp3) is 0.400. The maximum Gasteiger partial charge on any atom is 0.180 e. The molecule has 2 heterocycles. The molecule has 3 rings (SSSR count). The van der Waals surface area contributed by atoms with Gasteiger partial charge in [-0.3, -0.25) is 0 Å². The van der Waals surface area contributed by atoms with Crippen LogP contribution in [0.15, 0.2) is 5.38 Å². The van der Waals surface area contributed by atoms with E-state index in [0.29, 0.717) is 5.13 Å². The average Bonchev–Trinajstić information content (AvgIpc) is 2.86. The molecule has 0 spiro atoms. The molecule has 0 unspecified atom stereocenters. The van der Waals surface area contributed by atoms with Crippen LogP contribution in [0.2, 0.25) is 0 Å². The first kappa shape index (κ1) is 9.30. The van der Waals surface area contributed by atoms with Crippen LogP contribution in [0.4, 0.5) is 5.13 Å². The van der Waals surface area contributed by atoms with Crippen LogP contribution in [0.5, 0.6) is 0 Å². The summed E-state index contributed by atoms with van der Waals surface area (Å²) in [5, 5.41) is 3.91. The minimum absolute atomic E-state index is 0.630. The lowest BCUT2D eigenvalue weighted by Gasteiger charge is -1.89. The van der Waals surface area contributed by atoms with Gasteiger partial charge in [-0.25, -0.2) is 9.97 Å². The molecule has 1 aliphatic rings. The Morgan fingerprint density at radius 2 is 2.20 bits per heavy atom. The van der Waals surface area contributed by atoms with Crippen molar-refractivity contribution in [1.29, 1.82) is 0 Å². The molecule has 0 aliphatic heterocycles. The molecule has 2 N–H and O–H groups in total. The molecule has 1 fully saturated rings. The van der Waals surface area contributed by atoms with Crippen LogP contribution < -0.4 is 5.73 Å². The van der Waals surface area contributed by atoms with Crippen molar-refractivity contribution in [3.05, 3.63) is 16.1 Å². The van der Waals surface area contributed by atoms with Crippen molar-refractivity contribution in [1.82, 2.24) is 9.97 Å². The number of nitrogen functional groups attached to an aromatic ring is 1. The predicted molar refractivity (Wildman–Crippen MR) is 64.3 cm³/mol. The second kappa shape index (κ2) is 3.28. The minimum Gasteiger partial charge on any atom is -0.375 e. The molecule has 0 saturated heterocycles. The van der Waals surface area contributed by atoms with Gasteiger partial charge in [-0.1, -0.05) is 0 Å². The molecule has 0 amide bonds. The molecule has 0 radical (unpaired) electrons. The smallest absolute Gasteiger partial charge is 0.180 e. The molecule has 0 atom stereocenters. The molecule has 78 valence electrons. The number of nitrogens with two attached hydrogens (primary N) is 1. The van der Waals surface area contributed by atoms with Gasteiger partial charge in [0.2, 0.25) is 0 Å². The molecule has 1 aliphatic carbocycles. The molecular formula is C10H11N3S2.